The van der Waals surface area contributed by atoms with Crippen LogP contribution in [0.5, 0.6) is 0 Å². The van der Waals surface area contributed by atoms with Gasteiger partial charge in [-0.25, -0.2) is 0 Å². The number of carbonyl (C=O) groups is 2. The Morgan fingerprint density at radius 3 is 2.44 bits per heavy atom. The lowest BCUT2D eigenvalue weighted by Gasteiger charge is -2.26. The molecule has 0 aromatic heterocycles. The highest BCUT2D eigenvalue weighted by molar-refractivity contribution is 6.31. The number of likely N-dealkylation sites (tertiary alicyclic amines) is 1. The second-order valence-electron chi connectivity index (χ2n) is 6.79. The number of benzene rings is 2. The van der Waals surface area contributed by atoms with Crippen LogP contribution in [-0.4, -0.2) is 36.3 Å². The molecule has 1 fully saturated rings. The van der Waals surface area contributed by atoms with Crippen LogP contribution in [0.4, 0.5) is 11.4 Å². The molecule has 1 aliphatic rings. The van der Waals surface area contributed by atoms with Crippen molar-refractivity contribution in [2.75, 3.05) is 30.3 Å². The molecule has 1 aliphatic heterocycles. The predicted molar refractivity (Wildman–Crippen MR) is 110 cm³/mol. The number of carbonyl (C=O) groups excluding carboxylic acids is 2. The van der Waals surface area contributed by atoms with E-state index in [0.717, 1.165) is 37.2 Å². The Kier molecular flexibility index (Phi) is 6.35. The second-order valence-corrected chi connectivity index (χ2v) is 7.23. The predicted octanol–water partition coefficient (Wildman–Crippen LogP) is 4.33. The smallest absolute Gasteiger partial charge is 0.253 e. The van der Waals surface area contributed by atoms with Crippen molar-refractivity contribution in [2.24, 2.45) is 0 Å². The third-order valence-electron chi connectivity index (χ3n) is 4.70. The molecule has 1 saturated heterocycles. The van der Waals surface area contributed by atoms with E-state index in [1.807, 2.05) is 30.0 Å². The highest BCUT2D eigenvalue weighted by atomic mass is 35.5. The average Bonchev–Trinajstić information content (AvgIpc) is 2.70. The summed E-state index contributed by atoms with van der Waals surface area (Å²) in [6, 6.07) is 12.7. The largest absolute Gasteiger partial charge is 0.376 e. The maximum absolute atomic E-state index is 12.5. The van der Waals surface area contributed by atoms with Crippen LogP contribution in [0.1, 0.15) is 35.2 Å². The van der Waals surface area contributed by atoms with Crippen molar-refractivity contribution in [1.82, 2.24) is 4.90 Å². The second kappa shape index (κ2) is 8.91. The van der Waals surface area contributed by atoms with Gasteiger partial charge in [-0.05, 0) is 68.1 Å². The molecule has 2 amide bonds. The number of amides is 2. The van der Waals surface area contributed by atoms with Crippen molar-refractivity contribution < 1.29 is 9.59 Å². The van der Waals surface area contributed by atoms with E-state index in [4.69, 9.17) is 11.6 Å². The van der Waals surface area contributed by atoms with Crippen molar-refractivity contribution in [3.05, 3.63) is 58.6 Å². The number of piperidine rings is 1. The quantitative estimate of drug-likeness (QED) is 0.805. The molecule has 1 heterocycles. The van der Waals surface area contributed by atoms with Crippen LogP contribution in [-0.2, 0) is 4.79 Å². The number of hydrogen-bond acceptors (Lipinski definition) is 3. The first-order chi connectivity index (χ1) is 13.0. The van der Waals surface area contributed by atoms with Crippen LogP contribution in [0.3, 0.4) is 0 Å². The summed E-state index contributed by atoms with van der Waals surface area (Å²) in [6.45, 7) is 3.71. The SMILES string of the molecule is Cc1ccc(Cl)cc1NC(=O)CNc1ccc(C(=O)N2CCCCC2)cc1. The van der Waals surface area contributed by atoms with Crippen molar-refractivity contribution in [3.63, 3.8) is 0 Å². The fraction of sp³-hybridized carbons (Fsp3) is 0.333. The molecule has 0 unspecified atom stereocenters. The molecule has 0 aliphatic carbocycles. The van der Waals surface area contributed by atoms with Crippen LogP contribution in [0.2, 0.25) is 5.02 Å². The van der Waals surface area contributed by atoms with Gasteiger partial charge in [0, 0.05) is 35.1 Å². The Morgan fingerprint density at radius 1 is 1.04 bits per heavy atom. The third-order valence-corrected chi connectivity index (χ3v) is 4.94. The van der Waals surface area contributed by atoms with Gasteiger partial charge in [-0.2, -0.15) is 0 Å². The van der Waals surface area contributed by atoms with Crippen molar-refractivity contribution >= 4 is 34.8 Å². The van der Waals surface area contributed by atoms with E-state index >= 15 is 0 Å². The van der Waals surface area contributed by atoms with Gasteiger partial charge in [-0.1, -0.05) is 17.7 Å². The van der Waals surface area contributed by atoms with Crippen LogP contribution < -0.4 is 10.6 Å². The summed E-state index contributed by atoms with van der Waals surface area (Å²) in [4.78, 5) is 26.5. The van der Waals surface area contributed by atoms with E-state index in [2.05, 4.69) is 10.6 Å². The Morgan fingerprint density at radius 2 is 1.74 bits per heavy atom. The van der Waals surface area contributed by atoms with E-state index in [1.165, 1.54) is 6.42 Å². The molecule has 2 aromatic carbocycles. The maximum Gasteiger partial charge on any atom is 0.253 e. The Hall–Kier alpha value is -2.53. The fourth-order valence-corrected chi connectivity index (χ4v) is 3.29. The summed E-state index contributed by atoms with van der Waals surface area (Å²) in [5.41, 5.74) is 3.13. The van der Waals surface area contributed by atoms with E-state index in [1.54, 1.807) is 24.3 Å². The number of aryl methyl sites for hydroxylation is 1. The van der Waals surface area contributed by atoms with Gasteiger partial charge >= 0.3 is 0 Å². The third kappa shape index (κ3) is 5.23. The first kappa shape index (κ1) is 19.2. The fourth-order valence-electron chi connectivity index (χ4n) is 3.12. The minimum Gasteiger partial charge on any atom is -0.376 e. The number of anilines is 2. The summed E-state index contributed by atoms with van der Waals surface area (Å²) >= 11 is 5.97. The van der Waals surface area contributed by atoms with E-state index in [9.17, 15) is 9.59 Å². The molecular weight excluding hydrogens is 362 g/mol. The zero-order chi connectivity index (χ0) is 19.2. The molecule has 0 spiro atoms. The topological polar surface area (TPSA) is 61.4 Å². The number of nitrogens with one attached hydrogen (secondary N) is 2. The van der Waals surface area contributed by atoms with Crippen LogP contribution >= 0.6 is 11.6 Å². The van der Waals surface area contributed by atoms with Crippen molar-refractivity contribution in [2.45, 2.75) is 26.2 Å². The summed E-state index contributed by atoms with van der Waals surface area (Å²) in [5.74, 6) is -0.0794. The molecule has 0 saturated carbocycles. The monoisotopic (exact) mass is 385 g/mol. The zero-order valence-corrected chi connectivity index (χ0v) is 16.2. The van der Waals surface area contributed by atoms with E-state index in [-0.39, 0.29) is 18.4 Å². The highest BCUT2D eigenvalue weighted by Crippen LogP contribution is 2.20. The first-order valence-corrected chi connectivity index (χ1v) is 9.60. The highest BCUT2D eigenvalue weighted by Gasteiger charge is 2.17. The molecule has 2 aromatic rings. The average molecular weight is 386 g/mol. The molecule has 3 rings (SSSR count). The summed E-state index contributed by atoms with van der Waals surface area (Å²) < 4.78 is 0. The van der Waals surface area contributed by atoms with Crippen LogP contribution in [0, 0.1) is 6.92 Å². The minimum atomic E-state index is -0.158. The minimum absolute atomic E-state index is 0.0791. The Labute approximate surface area is 164 Å². The van der Waals surface area contributed by atoms with Crippen LogP contribution in [0.15, 0.2) is 42.5 Å². The normalized spacial score (nSPS) is 13.9. The molecule has 5 nitrogen and oxygen atoms in total. The lowest BCUT2D eigenvalue weighted by molar-refractivity contribution is -0.114. The van der Waals surface area contributed by atoms with Gasteiger partial charge in [0.15, 0.2) is 0 Å². The molecular formula is C21H24ClN3O2. The van der Waals surface area contributed by atoms with E-state index < -0.39 is 0 Å². The summed E-state index contributed by atoms with van der Waals surface area (Å²) in [5, 5.41) is 6.50. The van der Waals surface area contributed by atoms with Crippen molar-refractivity contribution in [3.8, 4) is 0 Å². The molecule has 27 heavy (non-hydrogen) atoms. The number of rotatable bonds is 5. The summed E-state index contributed by atoms with van der Waals surface area (Å²) in [7, 11) is 0. The van der Waals surface area contributed by atoms with Crippen molar-refractivity contribution in [1.29, 1.82) is 0 Å². The van der Waals surface area contributed by atoms with Gasteiger partial charge in [0.1, 0.15) is 0 Å². The lowest BCUT2D eigenvalue weighted by atomic mass is 10.1. The Bertz CT molecular complexity index is 815. The lowest BCUT2D eigenvalue weighted by Crippen LogP contribution is -2.35. The van der Waals surface area contributed by atoms with Gasteiger partial charge in [-0.3, -0.25) is 9.59 Å². The Balaban J connectivity index is 1.53. The first-order valence-electron chi connectivity index (χ1n) is 9.22. The number of hydrogen-bond donors (Lipinski definition) is 2. The molecule has 2 N–H and O–H groups in total. The van der Waals surface area contributed by atoms with Gasteiger partial charge in [0.05, 0.1) is 6.54 Å². The van der Waals surface area contributed by atoms with E-state index in [0.29, 0.717) is 16.3 Å². The van der Waals surface area contributed by atoms with Gasteiger partial charge in [0.2, 0.25) is 5.91 Å². The van der Waals surface area contributed by atoms with Gasteiger partial charge in [-0.15, -0.1) is 0 Å². The van der Waals surface area contributed by atoms with Crippen LogP contribution in [0.25, 0.3) is 0 Å². The number of nitrogens with zero attached hydrogens (tertiary/aromatic N) is 1. The molecule has 0 radical (unpaired) electrons. The zero-order valence-electron chi connectivity index (χ0n) is 15.4. The molecule has 6 heteroatoms. The number of halogens is 1. The summed E-state index contributed by atoms with van der Waals surface area (Å²) in [6.07, 6.45) is 3.35. The molecule has 0 bridgehead atoms. The molecule has 142 valence electrons. The van der Waals surface area contributed by atoms with Gasteiger partial charge < -0.3 is 15.5 Å². The van der Waals surface area contributed by atoms with Gasteiger partial charge in [0.25, 0.3) is 5.91 Å². The molecule has 0 atom stereocenters. The maximum atomic E-state index is 12.5. The standard InChI is InChI=1S/C21H24ClN3O2/c1-15-5-8-17(22)13-19(15)24-20(26)14-23-18-9-6-16(7-10-18)21(27)25-11-3-2-4-12-25/h5-10,13,23H,2-4,11-12,14H2,1H3,(H,24,26).